The van der Waals surface area contributed by atoms with E-state index in [1.807, 2.05) is 36.4 Å². The monoisotopic (exact) mass is 329 g/mol. The molecule has 3 rings (SSSR count). The smallest absolute Gasteiger partial charge is 0.305 e. The van der Waals surface area contributed by atoms with E-state index in [0.29, 0.717) is 23.2 Å². The molecule has 0 saturated heterocycles. The Morgan fingerprint density at radius 2 is 2.09 bits per heavy atom. The number of thiophene rings is 1. The third-order valence-corrected chi connectivity index (χ3v) is 4.53. The predicted octanol–water partition coefficient (Wildman–Crippen LogP) is 2.47. The van der Waals surface area contributed by atoms with E-state index < -0.39 is 0 Å². The van der Waals surface area contributed by atoms with Gasteiger partial charge in [-0.2, -0.15) is 0 Å². The number of hydrogen-bond donors (Lipinski definition) is 0. The largest absolute Gasteiger partial charge is 0.469 e. The van der Waals surface area contributed by atoms with E-state index in [9.17, 15) is 9.59 Å². The zero-order chi connectivity index (χ0) is 16.2. The van der Waals surface area contributed by atoms with Crippen molar-refractivity contribution in [3.8, 4) is 10.4 Å². The first kappa shape index (κ1) is 15.4. The number of rotatable bonds is 5. The van der Waals surface area contributed by atoms with Gasteiger partial charge < -0.3 is 4.74 Å². The number of carbonyl (C=O) groups excluding carboxylic acids is 1. The number of benzene rings is 1. The highest BCUT2D eigenvalue weighted by Gasteiger charge is 2.11. The molecule has 0 saturated carbocycles. The zero-order valence-electron chi connectivity index (χ0n) is 12.6. The van der Waals surface area contributed by atoms with Crippen molar-refractivity contribution in [2.75, 3.05) is 7.11 Å². The first-order valence-electron chi connectivity index (χ1n) is 7.18. The van der Waals surface area contributed by atoms with Crippen molar-refractivity contribution >= 4 is 27.5 Å². The van der Waals surface area contributed by atoms with Crippen LogP contribution in [0, 0.1) is 0 Å². The molecule has 0 aliphatic carbocycles. The predicted molar refractivity (Wildman–Crippen MR) is 88.4 cm³/mol. The minimum absolute atomic E-state index is 0.182. The third-order valence-electron chi connectivity index (χ3n) is 3.46. The highest BCUT2D eigenvalue weighted by molar-refractivity contribution is 7.21. The molecule has 0 N–H and O–H groups in total. The van der Waals surface area contributed by atoms with Crippen LogP contribution in [0.1, 0.15) is 12.8 Å². The van der Waals surface area contributed by atoms with Crippen LogP contribution in [0.25, 0.3) is 20.7 Å². The van der Waals surface area contributed by atoms with E-state index in [1.54, 1.807) is 0 Å². The lowest BCUT2D eigenvalue weighted by Gasteiger charge is -2.02. The summed E-state index contributed by atoms with van der Waals surface area (Å²) < 4.78 is 5.88. The Morgan fingerprint density at radius 3 is 2.83 bits per heavy atom. The molecule has 0 aliphatic rings. The maximum atomic E-state index is 12.5. The Hall–Kier alpha value is -2.54. The van der Waals surface area contributed by atoms with Crippen molar-refractivity contribution in [3.63, 3.8) is 0 Å². The number of nitrogens with zero attached hydrogens (tertiary/aromatic N) is 3. The minimum Gasteiger partial charge on any atom is -0.469 e. The third kappa shape index (κ3) is 3.29. The molecule has 0 aliphatic heterocycles. The quantitative estimate of drug-likeness (QED) is 0.672. The summed E-state index contributed by atoms with van der Waals surface area (Å²) >= 11 is 1.44. The molecule has 0 amide bonds. The molecule has 0 atom stereocenters. The van der Waals surface area contributed by atoms with Crippen LogP contribution < -0.4 is 5.56 Å². The molecule has 3 aromatic rings. The second-order valence-corrected chi connectivity index (χ2v) is 6.02. The van der Waals surface area contributed by atoms with Crippen molar-refractivity contribution in [1.29, 1.82) is 0 Å². The van der Waals surface area contributed by atoms with Crippen molar-refractivity contribution in [2.24, 2.45) is 0 Å². The fourth-order valence-corrected chi connectivity index (χ4v) is 3.22. The number of ether oxygens (including phenoxy) is 1. The Bertz CT molecular complexity index is 886. The van der Waals surface area contributed by atoms with Crippen LogP contribution in [-0.2, 0) is 16.1 Å². The average molecular weight is 329 g/mol. The fraction of sp³-hybridized carbons (Fsp3) is 0.250. The summed E-state index contributed by atoms with van der Waals surface area (Å²) in [6.45, 7) is 0.341. The van der Waals surface area contributed by atoms with Crippen LogP contribution >= 0.6 is 11.3 Å². The van der Waals surface area contributed by atoms with Crippen molar-refractivity contribution in [1.82, 2.24) is 15.0 Å². The van der Waals surface area contributed by atoms with Gasteiger partial charge in [-0.05, 0) is 18.1 Å². The molecule has 6 nitrogen and oxygen atoms in total. The van der Waals surface area contributed by atoms with Gasteiger partial charge in [0.15, 0.2) is 4.83 Å². The van der Waals surface area contributed by atoms with Crippen molar-refractivity contribution < 1.29 is 9.53 Å². The van der Waals surface area contributed by atoms with Crippen LogP contribution in [-0.4, -0.2) is 28.1 Å². The summed E-state index contributed by atoms with van der Waals surface area (Å²) in [7, 11) is 1.34. The van der Waals surface area contributed by atoms with Gasteiger partial charge in [-0.25, -0.2) is 4.68 Å². The average Bonchev–Trinajstić information content (AvgIpc) is 3.02. The summed E-state index contributed by atoms with van der Waals surface area (Å²) in [6, 6.07) is 11.7. The number of fused-ring (bicyclic) bond motifs is 1. The maximum absolute atomic E-state index is 12.5. The lowest BCUT2D eigenvalue weighted by molar-refractivity contribution is -0.140. The molecule has 7 heteroatoms. The van der Waals surface area contributed by atoms with Gasteiger partial charge in [-0.15, -0.1) is 16.4 Å². The van der Waals surface area contributed by atoms with Crippen molar-refractivity contribution in [3.05, 3.63) is 46.8 Å². The summed E-state index contributed by atoms with van der Waals surface area (Å²) in [4.78, 5) is 25.2. The topological polar surface area (TPSA) is 74.1 Å². The molecular weight excluding hydrogens is 314 g/mol. The Kier molecular flexibility index (Phi) is 4.47. The number of aromatic nitrogens is 3. The summed E-state index contributed by atoms with van der Waals surface area (Å²) in [5.41, 5.74) is 0.866. The molecule has 1 aromatic carbocycles. The van der Waals surface area contributed by atoms with E-state index >= 15 is 0 Å². The Balaban J connectivity index is 1.87. The highest BCUT2D eigenvalue weighted by atomic mass is 32.1. The number of methoxy groups -OCH3 is 1. The maximum Gasteiger partial charge on any atom is 0.305 e. The second kappa shape index (κ2) is 6.70. The van der Waals surface area contributed by atoms with E-state index in [0.717, 1.165) is 10.4 Å². The molecule has 2 heterocycles. The molecule has 2 aromatic heterocycles. The van der Waals surface area contributed by atoms with Crippen LogP contribution in [0.3, 0.4) is 0 Å². The molecule has 0 unspecified atom stereocenters. The van der Waals surface area contributed by atoms with E-state index in [2.05, 4.69) is 15.0 Å². The molecular formula is C16H15N3O3S. The fourth-order valence-electron chi connectivity index (χ4n) is 2.25. The van der Waals surface area contributed by atoms with Gasteiger partial charge >= 0.3 is 5.97 Å². The summed E-state index contributed by atoms with van der Waals surface area (Å²) in [6.07, 6.45) is 0.740. The number of aryl methyl sites for hydroxylation is 1. The summed E-state index contributed by atoms with van der Waals surface area (Å²) in [5.74, 6) is -0.297. The zero-order valence-corrected chi connectivity index (χ0v) is 13.4. The van der Waals surface area contributed by atoms with Gasteiger partial charge in [0.25, 0.3) is 5.56 Å². The second-order valence-electron chi connectivity index (χ2n) is 4.99. The van der Waals surface area contributed by atoms with Gasteiger partial charge in [-0.1, -0.05) is 35.5 Å². The molecule has 0 bridgehead atoms. The number of esters is 1. The van der Waals surface area contributed by atoms with Gasteiger partial charge in [0, 0.05) is 17.8 Å². The highest BCUT2D eigenvalue weighted by Crippen LogP contribution is 2.30. The first-order chi connectivity index (χ1) is 11.2. The van der Waals surface area contributed by atoms with Gasteiger partial charge in [0.2, 0.25) is 0 Å². The van der Waals surface area contributed by atoms with E-state index in [1.165, 1.54) is 23.1 Å². The first-order valence-corrected chi connectivity index (χ1v) is 8.00. The Morgan fingerprint density at radius 1 is 1.30 bits per heavy atom. The molecule has 0 fully saturated rings. The van der Waals surface area contributed by atoms with Crippen LogP contribution in [0.15, 0.2) is 41.2 Å². The number of carbonyl (C=O) groups is 1. The van der Waals surface area contributed by atoms with Crippen LogP contribution in [0.2, 0.25) is 0 Å². The van der Waals surface area contributed by atoms with E-state index in [-0.39, 0.29) is 17.9 Å². The molecule has 23 heavy (non-hydrogen) atoms. The van der Waals surface area contributed by atoms with Crippen LogP contribution in [0.5, 0.6) is 0 Å². The lowest BCUT2D eigenvalue weighted by Crippen LogP contribution is -2.24. The Labute approximate surface area is 136 Å². The lowest BCUT2D eigenvalue weighted by atomic mass is 10.2. The summed E-state index contributed by atoms with van der Waals surface area (Å²) in [5, 5.41) is 8.63. The molecule has 0 radical (unpaired) electrons. The van der Waals surface area contributed by atoms with Gasteiger partial charge in [0.1, 0.15) is 0 Å². The normalized spacial score (nSPS) is 10.8. The van der Waals surface area contributed by atoms with Gasteiger partial charge in [0.05, 0.1) is 12.5 Å². The van der Waals surface area contributed by atoms with Crippen LogP contribution in [0.4, 0.5) is 0 Å². The van der Waals surface area contributed by atoms with Gasteiger partial charge in [-0.3, -0.25) is 9.59 Å². The van der Waals surface area contributed by atoms with E-state index in [4.69, 9.17) is 0 Å². The standard InChI is InChI=1S/C16H15N3O3S/c1-22-14(20)8-5-9-19-16(21)12-10-13(23-15(12)17-18-19)11-6-3-2-4-7-11/h2-4,6-7,10H,5,8-9H2,1H3. The number of hydrogen-bond acceptors (Lipinski definition) is 6. The molecule has 118 valence electrons. The minimum atomic E-state index is -0.297. The molecule has 0 spiro atoms. The van der Waals surface area contributed by atoms with Crippen molar-refractivity contribution in [2.45, 2.75) is 19.4 Å². The SMILES string of the molecule is COC(=O)CCCn1nnc2sc(-c3ccccc3)cc2c1=O.